The number of carbonyl (C=O) groups is 1. The van der Waals surface area contributed by atoms with Gasteiger partial charge in [-0.1, -0.05) is 29.9 Å². The summed E-state index contributed by atoms with van der Waals surface area (Å²) in [6.07, 6.45) is 8.28. The Morgan fingerprint density at radius 3 is 2.33 bits per heavy atom. The van der Waals surface area contributed by atoms with Crippen molar-refractivity contribution in [2.75, 3.05) is 24.7 Å². The number of hydrogen-bond acceptors (Lipinski definition) is 5. The van der Waals surface area contributed by atoms with E-state index in [1.807, 2.05) is 4.90 Å². The van der Waals surface area contributed by atoms with E-state index in [-0.39, 0.29) is 18.1 Å². The molecular weight excluding hydrogens is 408 g/mol. The first-order chi connectivity index (χ1) is 12.7. The van der Waals surface area contributed by atoms with Crippen LogP contribution in [0.2, 0.25) is 4.34 Å². The number of halogens is 1. The van der Waals surface area contributed by atoms with Gasteiger partial charge in [0.2, 0.25) is 10.0 Å². The molecule has 2 fully saturated rings. The van der Waals surface area contributed by atoms with Crippen molar-refractivity contribution < 1.29 is 13.2 Å². The Bertz CT molecular complexity index is 754. The number of thiazole rings is 1. The van der Waals surface area contributed by atoms with Gasteiger partial charge in [-0.2, -0.15) is 0 Å². The number of urea groups is 1. The van der Waals surface area contributed by atoms with Crippen LogP contribution < -0.4 is 5.32 Å². The van der Waals surface area contributed by atoms with E-state index < -0.39 is 10.0 Å². The zero-order valence-corrected chi connectivity index (χ0v) is 18.1. The van der Waals surface area contributed by atoms with Crippen molar-refractivity contribution in [2.24, 2.45) is 5.92 Å². The van der Waals surface area contributed by atoms with Gasteiger partial charge in [0, 0.05) is 25.2 Å². The maximum atomic E-state index is 13.1. The molecule has 0 bridgehead atoms. The highest BCUT2D eigenvalue weighted by atomic mass is 35.5. The van der Waals surface area contributed by atoms with E-state index in [0.717, 1.165) is 25.7 Å². The number of aromatic nitrogens is 1. The van der Waals surface area contributed by atoms with Gasteiger partial charge in [0.05, 0.1) is 12.5 Å². The molecule has 27 heavy (non-hydrogen) atoms. The highest BCUT2D eigenvalue weighted by Gasteiger charge is 2.36. The summed E-state index contributed by atoms with van der Waals surface area (Å²) >= 11 is 7.16. The number of amides is 2. The summed E-state index contributed by atoms with van der Waals surface area (Å²) in [6, 6.07) is 0.0710. The highest BCUT2D eigenvalue weighted by molar-refractivity contribution is 7.88. The van der Waals surface area contributed by atoms with Crippen molar-refractivity contribution in [3.63, 3.8) is 0 Å². The Hall–Kier alpha value is -0.900. The molecule has 2 heterocycles. The zero-order chi connectivity index (χ0) is 19.6. The van der Waals surface area contributed by atoms with Crippen LogP contribution in [0.1, 0.15) is 45.4 Å². The molecule has 1 aromatic rings. The number of hydrogen-bond donors (Lipinski definition) is 1. The SMILES string of the molecule is CC1CCC(N(C(=O)Nc2ncc(Cl)s2)C2CCN(S(C)(=O)=O)CC2)CC1. The van der Waals surface area contributed by atoms with Crippen LogP contribution >= 0.6 is 22.9 Å². The fraction of sp³-hybridized carbons (Fsp3) is 0.765. The molecule has 1 aliphatic heterocycles. The molecule has 1 saturated heterocycles. The second kappa shape index (κ2) is 8.63. The van der Waals surface area contributed by atoms with E-state index in [4.69, 9.17) is 11.6 Å². The number of nitrogens with zero attached hydrogens (tertiary/aromatic N) is 3. The first-order valence-corrected chi connectivity index (χ1v) is 12.4. The summed E-state index contributed by atoms with van der Waals surface area (Å²) in [7, 11) is -3.18. The van der Waals surface area contributed by atoms with Crippen LogP contribution in [0, 0.1) is 5.92 Å². The van der Waals surface area contributed by atoms with Crippen molar-refractivity contribution >= 4 is 44.1 Å². The topological polar surface area (TPSA) is 82.6 Å². The minimum absolute atomic E-state index is 0.0387. The molecule has 7 nitrogen and oxygen atoms in total. The molecule has 2 amide bonds. The molecule has 1 N–H and O–H groups in total. The monoisotopic (exact) mass is 434 g/mol. The molecule has 0 radical (unpaired) electrons. The van der Waals surface area contributed by atoms with Gasteiger partial charge in [-0.15, -0.1) is 0 Å². The van der Waals surface area contributed by atoms with Crippen LogP contribution in [-0.4, -0.2) is 60.1 Å². The lowest BCUT2D eigenvalue weighted by Crippen LogP contribution is -2.54. The van der Waals surface area contributed by atoms with Gasteiger partial charge in [0.1, 0.15) is 4.34 Å². The van der Waals surface area contributed by atoms with Gasteiger partial charge in [-0.25, -0.2) is 22.5 Å². The third-order valence-electron chi connectivity index (χ3n) is 5.59. The molecule has 0 spiro atoms. The zero-order valence-electron chi connectivity index (χ0n) is 15.7. The van der Waals surface area contributed by atoms with Crippen LogP contribution in [0.5, 0.6) is 0 Å². The number of nitrogens with one attached hydrogen (secondary N) is 1. The average Bonchev–Trinajstić information content (AvgIpc) is 3.01. The fourth-order valence-electron chi connectivity index (χ4n) is 4.07. The summed E-state index contributed by atoms with van der Waals surface area (Å²) in [5.41, 5.74) is 0. The maximum absolute atomic E-state index is 13.1. The summed E-state index contributed by atoms with van der Waals surface area (Å²) in [5.74, 6) is 0.691. The smallest absolute Gasteiger partial charge is 0.318 e. The number of rotatable bonds is 4. The van der Waals surface area contributed by atoms with Crippen LogP contribution in [0.25, 0.3) is 0 Å². The number of anilines is 1. The Morgan fingerprint density at radius 2 is 1.81 bits per heavy atom. The molecule has 3 rings (SSSR count). The molecular formula is C17H27ClN4O3S2. The molecule has 2 aliphatic rings. The van der Waals surface area contributed by atoms with Crippen LogP contribution in [0.15, 0.2) is 6.20 Å². The van der Waals surface area contributed by atoms with E-state index >= 15 is 0 Å². The van der Waals surface area contributed by atoms with Crippen LogP contribution in [0.4, 0.5) is 9.93 Å². The predicted octanol–water partition coefficient (Wildman–Crippen LogP) is 3.63. The average molecular weight is 435 g/mol. The highest BCUT2D eigenvalue weighted by Crippen LogP contribution is 2.32. The van der Waals surface area contributed by atoms with Crippen LogP contribution in [-0.2, 0) is 10.0 Å². The Morgan fingerprint density at radius 1 is 1.22 bits per heavy atom. The molecule has 1 aromatic heterocycles. The minimum atomic E-state index is -3.18. The summed E-state index contributed by atoms with van der Waals surface area (Å²) in [4.78, 5) is 19.2. The largest absolute Gasteiger partial charge is 0.324 e. The number of sulfonamides is 1. The van der Waals surface area contributed by atoms with E-state index in [9.17, 15) is 13.2 Å². The normalized spacial score (nSPS) is 25.3. The maximum Gasteiger partial charge on any atom is 0.324 e. The van der Waals surface area contributed by atoms with Crippen molar-refractivity contribution in [2.45, 2.75) is 57.5 Å². The van der Waals surface area contributed by atoms with E-state index in [1.54, 1.807) is 0 Å². The van der Waals surface area contributed by atoms with Crippen molar-refractivity contribution in [3.8, 4) is 0 Å². The molecule has 0 aromatic carbocycles. The second-order valence-corrected chi connectivity index (χ2v) is 11.3. The predicted molar refractivity (Wildman–Crippen MR) is 109 cm³/mol. The van der Waals surface area contributed by atoms with Crippen LogP contribution in [0.3, 0.4) is 0 Å². The summed E-state index contributed by atoms with van der Waals surface area (Å²) < 4.78 is 25.6. The number of carbonyl (C=O) groups excluding carboxylic acids is 1. The Kier molecular flexibility index (Phi) is 6.66. The lowest BCUT2D eigenvalue weighted by Gasteiger charge is -2.43. The standard InChI is InChI=1S/C17H27ClN4O3S2/c1-12-3-5-13(6-4-12)22(17(23)20-16-19-11-15(18)26-16)14-7-9-21(10-8-14)27(2,24)25/h11-14H,3-10H2,1-2H3,(H,19,20,23). The molecule has 1 saturated carbocycles. The quantitative estimate of drug-likeness (QED) is 0.784. The molecule has 1 aliphatic carbocycles. The first-order valence-electron chi connectivity index (χ1n) is 9.40. The summed E-state index contributed by atoms with van der Waals surface area (Å²) in [6.45, 7) is 3.17. The molecule has 0 atom stereocenters. The van der Waals surface area contributed by atoms with Crippen molar-refractivity contribution in [3.05, 3.63) is 10.5 Å². The lowest BCUT2D eigenvalue weighted by molar-refractivity contribution is 0.0980. The van der Waals surface area contributed by atoms with Gasteiger partial charge in [0.15, 0.2) is 5.13 Å². The van der Waals surface area contributed by atoms with Gasteiger partial charge in [-0.3, -0.25) is 5.32 Å². The van der Waals surface area contributed by atoms with Crippen molar-refractivity contribution in [1.82, 2.24) is 14.2 Å². The third kappa shape index (κ3) is 5.34. The van der Waals surface area contributed by atoms with E-state index in [2.05, 4.69) is 17.2 Å². The minimum Gasteiger partial charge on any atom is -0.318 e. The van der Waals surface area contributed by atoms with Gasteiger partial charge < -0.3 is 4.90 Å². The molecule has 152 valence electrons. The first kappa shape index (κ1) is 20.8. The van der Waals surface area contributed by atoms with Gasteiger partial charge in [-0.05, 0) is 44.4 Å². The third-order valence-corrected chi connectivity index (χ3v) is 7.92. The summed E-state index contributed by atoms with van der Waals surface area (Å²) in [5, 5.41) is 3.38. The molecule has 10 heteroatoms. The van der Waals surface area contributed by atoms with Gasteiger partial charge >= 0.3 is 6.03 Å². The van der Waals surface area contributed by atoms with Crippen molar-refractivity contribution in [1.29, 1.82) is 0 Å². The lowest BCUT2D eigenvalue weighted by atomic mass is 9.85. The number of piperidine rings is 1. The Labute approximate surface area is 170 Å². The van der Waals surface area contributed by atoms with E-state index in [0.29, 0.717) is 41.3 Å². The fourth-order valence-corrected chi connectivity index (χ4v) is 5.75. The molecule has 0 unspecified atom stereocenters. The Balaban J connectivity index is 1.72. The van der Waals surface area contributed by atoms with Gasteiger partial charge in [0.25, 0.3) is 0 Å². The second-order valence-electron chi connectivity index (χ2n) is 7.61. The van der Waals surface area contributed by atoms with E-state index in [1.165, 1.54) is 28.1 Å².